The minimum absolute atomic E-state index is 0.0659. The van der Waals surface area contributed by atoms with Crippen molar-refractivity contribution in [3.63, 3.8) is 0 Å². The molecule has 2 atom stereocenters. The Hall–Kier alpha value is -2.61. The predicted molar refractivity (Wildman–Crippen MR) is 131 cm³/mol. The number of methoxy groups -OCH3 is 1. The van der Waals surface area contributed by atoms with Gasteiger partial charge in [0.25, 0.3) is 0 Å². The van der Waals surface area contributed by atoms with E-state index in [1.54, 1.807) is 0 Å². The SMILES string of the molecule is COC(=O)C(C)C(c1ccc2c(c1)OC1(CC2)CCN(Cc2cc(C(F)(F)F)ccc2F)CC1)C1CC1. The lowest BCUT2D eigenvalue weighted by atomic mass is 9.80. The summed E-state index contributed by atoms with van der Waals surface area (Å²) in [5.41, 5.74) is 1.16. The smallest absolute Gasteiger partial charge is 0.416 e. The lowest BCUT2D eigenvalue weighted by Gasteiger charge is -2.45. The Morgan fingerprint density at radius 2 is 1.86 bits per heavy atom. The topological polar surface area (TPSA) is 38.8 Å². The van der Waals surface area contributed by atoms with Gasteiger partial charge in [-0.2, -0.15) is 13.2 Å². The van der Waals surface area contributed by atoms with Crippen LogP contribution in [0.5, 0.6) is 5.75 Å². The van der Waals surface area contributed by atoms with Crippen LogP contribution in [0.1, 0.15) is 67.2 Å². The molecule has 37 heavy (non-hydrogen) atoms. The van der Waals surface area contributed by atoms with Crippen molar-refractivity contribution in [2.45, 2.75) is 69.7 Å². The van der Waals surface area contributed by atoms with Crippen molar-refractivity contribution in [1.29, 1.82) is 0 Å². The van der Waals surface area contributed by atoms with Gasteiger partial charge in [0.2, 0.25) is 0 Å². The van der Waals surface area contributed by atoms with Crippen LogP contribution in [0.2, 0.25) is 0 Å². The number of nitrogens with zero attached hydrogens (tertiary/aromatic N) is 1. The number of fused-ring (bicyclic) bond motifs is 1. The molecule has 2 heterocycles. The first-order valence-electron chi connectivity index (χ1n) is 13.1. The first-order valence-corrected chi connectivity index (χ1v) is 13.1. The van der Waals surface area contributed by atoms with Crippen LogP contribution in [-0.4, -0.2) is 36.7 Å². The van der Waals surface area contributed by atoms with E-state index < -0.39 is 17.6 Å². The van der Waals surface area contributed by atoms with Gasteiger partial charge in [0.15, 0.2) is 0 Å². The Morgan fingerprint density at radius 3 is 2.51 bits per heavy atom. The number of likely N-dealkylation sites (tertiary alicyclic amines) is 1. The Morgan fingerprint density at radius 1 is 1.14 bits per heavy atom. The largest absolute Gasteiger partial charge is 0.487 e. The zero-order chi connectivity index (χ0) is 26.4. The van der Waals surface area contributed by atoms with Gasteiger partial charge in [0.1, 0.15) is 17.2 Å². The maximum atomic E-state index is 14.3. The highest BCUT2D eigenvalue weighted by Gasteiger charge is 2.42. The second-order valence-electron chi connectivity index (χ2n) is 10.9. The van der Waals surface area contributed by atoms with Crippen molar-refractivity contribution in [1.82, 2.24) is 4.90 Å². The average Bonchev–Trinajstić information content (AvgIpc) is 3.70. The van der Waals surface area contributed by atoms with Crippen LogP contribution in [0.3, 0.4) is 0 Å². The van der Waals surface area contributed by atoms with Gasteiger partial charge >= 0.3 is 12.1 Å². The fraction of sp³-hybridized carbons (Fsp3) is 0.552. The number of halogens is 4. The molecule has 1 saturated carbocycles. The molecule has 0 N–H and O–H groups in total. The average molecular weight is 520 g/mol. The molecule has 2 aromatic rings. The summed E-state index contributed by atoms with van der Waals surface area (Å²) in [5.74, 6) is 0.399. The van der Waals surface area contributed by atoms with E-state index >= 15 is 0 Å². The van der Waals surface area contributed by atoms with Crippen molar-refractivity contribution in [2.24, 2.45) is 11.8 Å². The molecule has 0 bridgehead atoms. The lowest BCUT2D eigenvalue weighted by molar-refractivity contribution is -0.145. The molecule has 5 rings (SSSR count). The molecular formula is C29H33F4NO3. The minimum atomic E-state index is -4.50. The van der Waals surface area contributed by atoms with Crippen LogP contribution >= 0.6 is 0 Å². The molecule has 4 nitrogen and oxygen atoms in total. The second-order valence-corrected chi connectivity index (χ2v) is 10.9. The number of rotatable bonds is 6. The summed E-state index contributed by atoms with van der Waals surface area (Å²) in [7, 11) is 1.43. The van der Waals surface area contributed by atoms with Crippen LogP contribution < -0.4 is 4.74 Å². The van der Waals surface area contributed by atoms with Gasteiger partial charge in [0.05, 0.1) is 18.6 Å². The summed E-state index contributed by atoms with van der Waals surface area (Å²) in [6.45, 7) is 3.31. The molecule has 2 aliphatic heterocycles. The van der Waals surface area contributed by atoms with Crippen molar-refractivity contribution >= 4 is 5.97 Å². The standard InChI is InChI=1S/C29H33F4NO3/c1-18(27(35)36-2)26(20-4-5-20)21-6-3-19-9-10-28(37-25(19)16-21)11-13-34(14-12-28)17-22-15-23(29(31,32)33)7-8-24(22)30/h3,6-8,15-16,18,20,26H,4-5,9-14,17H2,1-2H3. The van der Waals surface area contributed by atoms with E-state index in [-0.39, 0.29) is 35.5 Å². The van der Waals surface area contributed by atoms with Crippen LogP contribution in [0.25, 0.3) is 0 Å². The molecule has 1 saturated heterocycles. The van der Waals surface area contributed by atoms with Gasteiger partial charge in [-0.25, -0.2) is 4.39 Å². The summed E-state index contributed by atoms with van der Waals surface area (Å²) in [6.07, 6.45) is 0.925. The third-order valence-electron chi connectivity index (χ3n) is 8.43. The number of hydrogen-bond donors (Lipinski definition) is 0. The monoisotopic (exact) mass is 519 g/mol. The van der Waals surface area contributed by atoms with Crippen LogP contribution in [0, 0.1) is 17.7 Å². The van der Waals surface area contributed by atoms with Crippen LogP contribution in [-0.2, 0) is 28.7 Å². The summed E-state index contributed by atoms with van der Waals surface area (Å²) >= 11 is 0. The molecule has 0 aromatic heterocycles. The molecule has 3 aliphatic rings. The number of ether oxygens (including phenoxy) is 2. The third-order valence-corrected chi connectivity index (χ3v) is 8.43. The summed E-state index contributed by atoms with van der Waals surface area (Å²) < 4.78 is 65.2. The number of aryl methyl sites for hydroxylation is 1. The molecule has 1 spiro atoms. The van der Waals surface area contributed by atoms with Crippen LogP contribution in [0.4, 0.5) is 17.6 Å². The number of carbonyl (C=O) groups is 1. The van der Waals surface area contributed by atoms with Crippen LogP contribution in [0.15, 0.2) is 36.4 Å². The van der Waals surface area contributed by atoms with Crippen molar-refractivity contribution in [3.05, 3.63) is 64.5 Å². The Labute approximate surface area is 214 Å². The molecule has 0 amide bonds. The molecule has 2 unspecified atom stereocenters. The number of carbonyl (C=O) groups excluding carboxylic acids is 1. The number of alkyl halides is 3. The first kappa shape index (κ1) is 26.0. The van der Waals surface area contributed by atoms with Gasteiger partial charge < -0.3 is 9.47 Å². The van der Waals surface area contributed by atoms with Crippen molar-refractivity contribution < 1.29 is 31.8 Å². The highest BCUT2D eigenvalue weighted by Crippen LogP contribution is 2.49. The lowest BCUT2D eigenvalue weighted by Crippen LogP contribution is -2.49. The fourth-order valence-electron chi connectivity index (χ4n) is 6.07. The Kier molecular flexibility index (Phi) is 6.98. The highest BCUT2D eigenvalue weighted by atomic mass is 19.4. The van der Waals surface area contributed by atoms with E-state index in [1.807, 2.05) is 11.8 Å². The summed E-state index contributed by atoms with van der Waals surface area (Å²) in [4.78, 5) is 14.3. The fourth-order valence-corrected chi connectivity index (χ4v) is 6.07. The normalized spacial score (nSPS) is 21.1. The molecule has 2 aromatic carbocycles. The van der Waals surface area contributed by atoms with E-state index in [9.17, 15) is 22.4 Å². The van der Waals surface area contributed by atoms with E-state index in [2.05, 4.69) is 18.2 Å². The van der Waals surface area contributed by atoms with Gasteiger partial charge in [0, 0.05) is 25.2 Å². The molecule has 8 heteroatoms. The van der Waals surface area contributed by atoms with E-state index in [4.69, 9.17) is 9.47 Å². The maximum absolute atomic E-state index is 14.3. The van der Waals surface area contributed by atoms with Crippen molar-refractivity contribution in [3.8, 4) is 5.75 Å². The quantitative estimate of drug-likeness (QED) is 0.322. The van der Waals surface area contributed by atoms with Gasteiger partial charge in [-0.1, -0.05) is 19.1 Å². The predicted octanol–water partition coefficient (Wildman–Crippen LogP) is 6.51. The Bertz CT molecular complexity index is 1150. The number of piperidine rings is 1. The highest BCUT2D eigenvalue weighted by molar-refractivity contribution is 5.73. The molecule has 200 valence electrons. The second kappa shape index (κ2) is 9.93. The van der Waals surface area contributed by atoms with E-state index in [0.29, 0.717) is 19.0 Å². The Balaban J connectivity index is 1.27. The minimum Gasteiger partial charge on any atom is -0.487 e. The van der Waals surface area contributed by atoms with Gasteiger partial charge in [-0.3, -0.25) is 9.69 Å². The van der Waals surface area contributed by atoms with Gasteiger partial charge in [-0.15, -0.1) is 0 Å². The summed E-state index contributed by atoms with van der Waals surface area (Å²) in [6, 6.07) is 8.93. The molecule has 0 radical (unpaired) electrons. The van der Waals surface area contributed by atoms with E-state index in [0.717, 1.165) is 73.6 Å². The molecular weight excluding hydrogens is 486 g/mol. The van der Waals surface area contributed by atoms with Crippen molar-refractivity contribution in [2.75, 3.05) is 20.2 Å². The third kappa shape index (κ3) is 5.49. The molecule has 2 fully saturated rings. The van der Waals surface area contributed by atoms with Gasteiger partial charge in [-0.05, 0) is 85.8 Å². The van der Waals surface area contributed by atoms with E-state index in [1.165, 1.54) is 7.11 Å². The molecule has 1 aliphatic carbocycles. The number of benzene rings is 2. The summed E-state index contributed by atoms with van der Waals surface area (Å²) in [5, 5.41) is 0. The first-order chi connectivity index (χ1) is 17.6. The maximum Gasteiger partial charge on any atom is 0.416 e. The zero-order valence-corrected chi connectivity index (χ0v) is 21.2. The number of esters is 1. The zero-order valence-electron chi connectivity index (χ0n) is 21.2. The number of hydrogen-bond acceptors (Lipinski definition) is 4.